The number of nitrogens with two attached hydrogens (primary N) is 2. The van der Waals surface area contributed by atoms with Gasteiger partial charge >= 0.3 is 0 Å². The van der Waals surface area contributed by atoms with Gasteiger partial charge in [0.2, 0.25) is 5.95 Å². The van der Waals surface area contributed by atoms with Crippen LogP contribution in [-0.2, 0) is 13.1 Å². The highest BCUT2D eigenvalue weighted by molar-refractivity contribution is 5.94. The molecule has 0 radical (unpaired) electrons. The lowest BCUT2D eigenvalue weighted by atomic mass is 10.2. The van der Waals surface area contributed by atoms with E-state index in [-0.39, 0.29) is 17.7 Å². The number of anilines is 3. The average molecular weight is 415 g/mol. The Kier molecular flexibility index (Phi) is 5.52. The lowest BCUT2D eigenvalue weighted by molar-refractivity contribution is 0.0950. The zero-order valence-electron chi connectivity index (χ0n) is 16.9. The van der Waals surface area contributed by atoms with Crippen molar-refractivity contribution in [3.63, 3.8) is 0 Å². The van der Waals surface area contributed by atoms with Crippen molar-refractivity contribution in [3.8, 4) is 0 Å². The number of rotatable bonds is 6. The second-order valence-corrected chi connectivity index (χ2v) is 6.91. The van der Waals surface area contributed by atoms with Gasteiger partial charge in [-0.05, 0) is 36.4 Å². The zero-order valence-corrected chi connectivity index (χ0v) is 16.9. The monoisotopic (exact) mass is 415 g/mol. The van der Waals surface area contributed by atoms with E-state index in [0.717, 1.165) is 11.4 Å². The fourth-order valence-electron chi connectivity index (χ4n) is 3.04. The minimum Gasteiger partial charge on any atom is -0.382 e. The molecule has 10 heteroatoms. The molecule has 4 rings (SSSR count). The summed E-state index contributed by atoms with van der Waals surface area (Å²) in [4.78, 5) is 35.3. The minimum atomic E-state index is -0.157. The van der Waals surface area contributed by atoms with E-state index in [0.29, 0.717) is 35.5 Å². The standard InChI is InChI=1S/C21H21N9O/c1-30(12-15-11-25-19-17(27-15)18(22)28-21(23)29-19)16-7-5-13(6-8-16)20(31)26-10-14-4-2-3-9-24-14/h2-9,11H,10,12H2,1H3,(H,26,31)(H4,22,23,25,28,29). The van der Waals surface area contributed by atoms with Gasteiger partial charge in [-0.2, -0.15) is 9.97 Å². The minimum absolute atomic E-state index is 0.0633. The average Bonchev–Trinajstić information content (AvgIpc) is 2.78. The Bertz CT molecular complexity index is 1210. The highest BCUT2D eigenvalue weighted by Gasteiger charge is 2.11. The van der Waals surface area contributed by atoms with Crippen molar-refractivity contribution in [2.75, 3.05) is 23.4 Å². The summed E-state index contributed by atoms with van der Waals surface area (Å²) >= 11 is 0. The molecule has 0 saturated heterocycles. The number of fused-ring (bicyclic) bond motifs is 1. The maximum absolute atomic E-state index is 12.4. The Morgan fingerprint density at radius 3 is 2.55 bits per heavy atom. The summed E-state index contributed by atoms with van der Waals surface area (Å²) in [5.74, 6) is 0.101. The summed E-state index contributed by atoms with van der Waals surface area (Å²) in [7, 11) is 1.92. The van der Waals surface area contributed by atoms with Crippen LogP contribution in [-0.4, -0.2) is 37.9 Å². The fourth-order valence-corrected chi connectivity index (χ4v) is 3.04. The van der Waals surface area contributed by atoms with Gasteiger partial charge in [-0.25, -0.2) is 9.97 Å². The maximum Gasteiger partial charge on any atom is 0.251 e. The number of nitrogens with one attached hydrogen (secondary N) is 1. The summed E-state index contributed by atoms with van der Waals surface area (Å²) in [6.07, 6.45) is 3.33. The first-order valence-electron chi connectivity index (χ1n) is 9.53. The van der Waals surface area contributed by atoms with Crippen LogP contribution >= 0.6 is 0 Å². The number of carbonyl (C=O) groups excluding carboxylic acids is 1. The molecule has 0 bridgehead atoms. The van der Waals surface area contributed by atoms with Crippen LogP contribution in [0.3, 0.4) is 0 Å². The number of hydrogen-bond donors (Lipinski definition) is 3. The molecular weight excluding hydrogens is 394 g/mol. The molecule has 0 aliphatic rings. The Morgan fingerprint density at radius 1 is 1.00 bits per heavy atom. The molecule has 0 fully saturated rings. The molecule has 3 aromatic heterocycles. The van der Waals surface area contributed by atoms with E-state index in [4.69, 9.17) is 11.5 Å². The van der Waals surface area contributed by atoms with Crippen molar-refractivity contribution in [1.82, 2.24) is 30.2 Å². The van der Waals surface area contributed by atoms with Crippen LogP contribution in [0, 0.1) is 0 Å². The van der Waals surface area contributed by atoms with E-state index in [9.17, 15) is 4.79 Å². The lowest BCUT2D eigenvalue weighted by Crippen LogP contribution is -2.23. The molecule has 1 amide bonds. The third-order valence-corrected chi connectivity index (χ3v) is 4.63. The normalized spacial score (nSPS) is 10.7. The number of hydrogen-bond acceptors (Lipinski definition) is 9. The number of aromatic nitrogens is 5. The van der Waals surface area contributed by atoms with Crippen molar-refractivity contribution in [3.05, 3.63) is 71.8 Å². The largest absolute Gasteiger partial charge is 0.382 e. The van der Waals surface area contributed by atoms with Gasteiger partial charge in [0.25, 0.3) is 5.91 Å². The predicted octanol–water partition coefficient (Wildman–Crippen LogP) is 1.55. The van der Waals surface area contributed by atoms with Crippen LogP contribution in [0.25, 0.3) is 11.2 Å². The summed E-state index contributed by atoms with van der Waals surface area (Å²) in [5, 5.41) is 2.86. The molecule has 4 aromatic rings. The molecule has 3 heterocycles. The number of amides is 1. The molecule has 10 nitrogen and oxygen atoms in total. The van der Waals surface area contributed by atoms with Gasteiger partial charge in [0, 0.05) is 24.5 Å². The first-order chi connectivity index (χ1) is 15.0. The lowest BCUT2D eigenvalue weighted by Gasteiger charge is -2.19. The van der Waals surface area contributed by atoms with Gasteiger partial charge in [0.1, 0.15) is 0 Å². The van der Waals surface area contributed by atoms with E-state index >= 15 is 0 Å². The molecule has 5 N–H and O–H groups in total. The van der Waals surface area contributed by atoms with E-state index in [1.54, 1.807) is 24.5 Å². The van der Waals surface area contributed by atoms with Gasteiger partial charge in [-0.1, -0.05) is 6.07 Å². The maximum atomic E-state index is 12.4. The highest BCUT2D eigenvalue weighted by Crippen LogP contribution is 2.18. The second-order valence-electron chi connectivity index (χ2n) is 6.91. The Balaban J connectivity index is 1.41. The number of carbonyl (C=O) groups is 1. The van der Waals surface area contributed by atoms with Crippen LogP contribution in [0.1, 0.15) is 21.7 Å². The van der Waals surface area contributed by atoms with Gasteiger partial charge < -0.3 is 21.7 Å². The first-order valence-corrected chi connectivity index (χ1v) is 9.53. The summed E-state index contributed by atoms with van der Waals surface area (Å²) < 4.78 is 0. The molecule has 1 aromatic carbocycles. The first kappa shape index (κ1) is 20.0. The molecular formula is C21H21N9O. The van der Waals surface area contributed by atoms with Crippen LogP contribution in [0.5, 0.6) is 0 Å². The van der Waals surface area contributed by atoms with Crippen molar-refractivity contribution >= 4 is 34.5 Å². The van der Waals surface area contributed by atoms with Crippen molar-refractivity contribution in [1.29, 1.82) is 0 Å². The fraction of sp³-hybridized carbons (Fsp3) is 0.143. The number of nitrogens with zero attached hydrogens (tertiary/aromatic N) is 6. The van der Waals surface area contributed by atoms with Crippen LogP contribution in [0.15, 0.2) is 54.9 Å². The van der Waals surface area contributed by atoms with Gasteiger partial charge in [-0.15, -0.1) is 0 Å². The molecule has 156 valence electrons. The third kappa shape index (κ3) is 4.64. The van der Waals surface area contributed by atoms with Crippen LogP contribution in [0.2, 0.25) is 0 Å². The van der Waals surface area contributed by atoms with Crippen LogP contribution < -0.4 is 21.7 Å². The number of nitrogen functional groups attached to an aromatic ring is 2. The Hall–Kier alpha value is -4.34. The summed E-state index contributed by atoms with van der Waals surface area (Å²) in [6, 6.07) is 12.9. The summed E-state index contributed by atoms with van der Waals surface area (Å²) in [5.41, 5.74) is 15.2. The summed E-state index contributed by atoms with van der Waals surface area (Å²) in [6.45, 7) is 0.860. The second kappa shape index (κ2) is 8.57. The Morgan fingerprint density at radius 2 is 1.81 bits per heavy atom. The predicted molar refractivity (Wildman–Crippen MR) is 118 cm³/mol. The molecule has 0 spiro atoms. The zero-order chi connectivity index (χ0) is 21.8. The molecule has 0 saturated carbocycles. The number of benzene rings is 1. The van der Waals surface area contributed by atoms with Crippen molar-refractivity contribution in [2.24, 2.45) is 0 Å². The molecule has 0 aliphatic carbocycles. The topological polar surface area (TPSA) is 149 Å². The van der Waals surface area contributed by atoms with Gasteiger partial charge in [0.05, 0.1) is 30.7 Å². The molecule has 0 unspecified atom stereocenters. The van der Waals surface area contributed by atoms with Crippen molar-refractivity contribution < 1.29 is 4.79 Å². The van der Waals surface area contributed by atoms with E-state index in [1.165, 1.54) is 0 Å². The molecule has 0 aliphatic heterocycles. The smallest absolute Gasteiger partial charge is 0.251 e. The van der Waals surface area contributed by atoms with Crippen LogP contribution in [0.4, 0.5) is 17.5 Å². The molecule has 0 atom stereocenters. The van der Waals surface area contributed by atoms with E-state index in [1.807, 2.05) is 42.3 Å². The quantitative estimate of drug-likeness (QED) is 0.426. The van der Waals surface area contributed by atoms with Crippen molar-refractivity contribution in [2.45, 2.75) is 13.1 Å². The van der Waals surface area contributed by atoms with E-state index < -0.39 is 0 Å². The van der Waals surface area contributed by atoms with Gasteiger partial charge in [-0.3, -0.25) is 9.78 Å². The SMILES string of the molecule is CN(Cc1cnc2nc(N)nc(N)c2n1)c1ccc(C(=O)NCc2ccccn2)cc1. The highest BCUT2D eigenvalue weighted by atomic mass is 16.1. The number of pyridine rings is 1. The third-order valence-electron chi connectivity index (χ3n) is 4.63. The molecule has 31 heavy (non-hydrogen) atoms. The Labute approximate surface area is 178 Å². The van der Waals surface area contributed by atoms with Gasteiger partial charge in [0.15, 0.2) is 17.0 Å². The van der Waals surface area contributed by atoms with E-state index in [2.05, 4.69) is 30.2 Å².